The topological polar surface area (TPSA) is 17.8 Å². The van der Waals surface area contributed by atoms with E-state index >= 15 is 0 Å². The first-order chi connectivity index (χ1) is 11.8. The van der Waals surface area contributed by atoms with Gasteiger partial charge in [0, 0.05) is 6.20 Å². The number of aromatic nitrogens is 2. The number of hydrogen-bond acceptors (Lipinski definition) is 1. The Morgan fingerprint density at radius 1 is 0.625 bits per heavy atom. The zero-order valence-electron chi connectivity index (χ0n) is 13.6. The third-order valence-corrected chi connectivity index (χ3v) is 4.16. The van der Waals surface area contributed by atoms with Gasteiger partial charge in [-0.1, -0.05) is 66.7 Å². The first-order valence-electron chi connectivity index (χ1n) is 8.08. The molecule has 0 spiro atoms. The third-order valence-electron chi connectivity index (χ3n) is 4.16. The molecular formula is C22H18N2. The van der Waals surface area contributed by atoms with E-state index in [1.165, 1.54) is 22.3 Å². The SMILES string of the molecule is Cc1ccn(-c2cccc(-c3ccc(-c4ccccc4)cc3)c2)n1. The van der Waals surface area contributed by atoms with Crippen LogP contribution in [-0.2, 0) is 0 Å². The zero-order valence-corrected chi connectivity index (χ0v) is 13.6. The van der Waals surface area contributed by atoms with E-state index in [2.05, 4.69) is 77.9 Å². The second-order valence-electron chi connectivity index (χ2n) is 5.90. The van der Waals surface area contributed by atoms with Crippen molar-refractivity contribution in [2.45, 2.75) is 6.92 Å². The summed E-state index contributed by atoms with van der Waals surface area (Å²) in [5.41, 5.74) is 6.98. The fourth-order valence-corrected chi connectivity index (χ4v) is 2.87. The first-order valence-corrected chi connectivity index (χ1v) is 8.08. The smallest absolute Gasteiger partial charge is 0.0651 e. The van der Waals surface area contributed by atoms with Crippen LogP contribution in [0.15, 0.2) is 91.1 Å². The number of rotatable bonds is 3. The van der Waals surface area contributed by atoms with Crippen LogP contribution in [0.3, 0.4) is 0 Å². The molecule has 0 bridgehead atoms. The normalized spacial score (nSPS) is 10.7. The predicted octanol–water partition coefficient (Wildman–Crippen LogP) is 5.51. The van der Waals surface area contributed by atoms with Crippen molar-refractivity contribution < 1.29 is 0 Å². The number of benzene rings is 3. The summed E-state index contributed by atoms with van der Waals surface area (Å²) in [7, 11) is 0. The fourth-order valence-electron chi connectivity index (χ4n) is 2.87. The molecule has 2 heteroatoms. The van der Waals surface area contributed by atoms with Crippen molar-refractivity contribution >= 4 is 0 Å². The van der Waals surface area contributed by atoms with Gasteiger partial charge in [-0.25, -0.2) is 4.68 Å². The van der Waals surface area contributed by atoms with Crippen molar-refractivity contribution in [1.82, 2.24) is 9.78 Å². The van der Waals surface area contributed by atoms with Gasteiger partial charge in [0.05, 0.1) is 11.4 Å². The molecule has 1 aromatic heterocycles. The largest absolute Gasteiger partial charge is 0.241 e. The minimum Gasteiger partial charge on any atom is -0.241 e. The Kier molecular flexibility index (Phi) is 3.72. The molecule has 0 aliphatic carbocycles. The summed E-state index contributed by atoms with van der Waals surface area (Å²) < 4.78 is 1.91. The van der Waals surface area contributed by atoms with E-state index in [0.717, 1.165) is 11.4 Å². The monoisotopic (exact) mass is 310 g/mol. The van der Waals surface area contributed by atoms with Gasteiger partial charge in [0.25, 0.3) is 0 Å². The predicted molar refractivity (Wildman–Crippen MR) is 99.2 cm³/mol. The minimum absolute atomic E-state index is 1.02. The van der Waals surface area contributed by atoms with Crippen LogP contribution in [0, 0.1) is 6.92 Å². The maximum atomic E-state index is 4.49. The third kappa shape index (κ3) is 2.86. The summed E-state index contributed by atoms with van der Waals surface area (Å²) in [4.78, 5) is 0. The molecule has 116 valence electrons. The standard InChI is InChI=1S/C22H18N2/c1-17-14-15-24(23-17)22-9-5-8-21(16-22)20-12-10-19(11-13-20)18-6-3-2-4-7-18/h2-16H,1H3. The lowest BCUT2D eigenvalue weighted by Crippen LogP contribution is -1.95. The van der Waals surface area contributed by atoms with E-state index < -0.39 is 0 Å². The molecule has 3 aromatic carbocycles. The van der Waals surface area contributed by atoms with Crippen LogP contribution < -0.4 is 0 Å². The van der Waals surface area contributed by atoms with Gasteiger partial charge in [0.15, 0.2) is 0 Å². The fraction of sp³-hybridized carbons (Fsp3) is 0.0455. The summed E-state index contributed by atoms with van der Waals surface area (Å²) in [6.45, 7) is 2.00. The van der Waals surface area contributed by atoms with Crippen LogP contribution in [0.1, 0.15) is 5.69 Å². The van der Waals surface area contributed by atoms with Gasteiger partial charge < -0.3 is 0 Å². The molecule has 0 aliphatic heterocycles. The molecular weight excluding hydrogens is 292 g/mol. The first kappa shape index (κ1) is 14.5. The van der Waals surface area contributed by atoms with Gasteiger partial charge >= 0.3 is 0 Å². The van der Waals surface area contributed by atoms with Crippen LogP contribution in [0.25, 0.3) is 27.9 Å². The summed E-state index contributed by atoms with van der Waals surface area (Å²) in [6.07, 6.45) is 1.99. The second kappa shape index (κ2) is 6.17. The van der Waals surface area contributed by atoms with Gasteiger partial charge in [0.1, 0.15) is 0 Å². The second-order valence-corrected chi connectivity index (χ2v) is 5.90. The molecule has 24 heavy (non-hydrogen) atoms. The van der Waals surface area contributed by atoms with E-state index in [1.54, 1.807) is 0 Å². The van der Waals surface area contributed by atoms with Gasteiger partial charge in [-0.2, -0.15) is 5.10 Å². The molecule has 0 N–H and O–H groups in total. The van der Waals surface area contributed by atoms with Crippen molar-refractivity contribution in [1.29, 1.82) is 0 Å². The van der Waals surface area contributed by atoms with Crippen LogP contribution >= 0.6 is 0 Å². The quantitative estimate of drug-likeness (QED) is 0.487. The molecule has 0 amide bonds. The molecule has 0 radical (unpaired) electrons. The van der Waals surface area contributed by atoms with E-state index in [0.29, 0.717) is 0 Å². The number of aryl methyl sites for hydroxylation is 1. The highest BCUT2D eigenvalue weighted by molar-refractivity contribution is 5.71. The van der Waals surface area contributed by atoms with E-state index in [4.69, 9.17) is 0 Å². The van der Waals surface area contributed by atoms with Crippen molar-refractivity contribution in [3.05, 3.63) is 96.8 Å². The molecule has 0 saturated heterocycles. The van der Waals surface area contributed by atoms with Crippen molar-refractivity contribution in [2.75, 3.05) is 0 Å². The van der Waals surface area contributed by atoms with Crippen molar-refractivity contribution in [2.24, 2.45) is 0 Å². The Morgan fingerprint density at radius 2 is 1.25 bits per heavy atom. The lowest BCUT2D eigenvalue weighted by molar-refractivity contribution is 0.863. The van der Waals surface area contributed by atoms with Gasteiger partial charge in [-0.05, 0) is 47.4 Å². The van der Waals surface area contributed by atoms with Gasteiger partial charge in [-0.15, -0.1) is 0 Å². The molecule has 2 nitrogen and oxygen atoms in total. The summed E-state index contributed by atoms with van der Waals surface area (Å²) in [5.74, 6) is 0. The van der Waals surface area contributed by atoms with Crippen LogP contribution in [0.4, 0.5) is 0 Å². The molecule has 0 unspecified atom stereocenters. The summed E-state index contributed by atoms with van der Waals surface area (Å²) >= 11 is 0. The lowest BCUT2D eigenvalue weighted by atomic mass is 10.00. The molecule has 0 fully saturated rings. The highest BCUT2D eigenvalue weighted by atomic mass is 15.3. The molecule has 0 atom stereocenters. The van der Waals surface area contributed by atoms with Crippen molar-refractivity contribution in [3.63, 3.8) is 0 Å². The Balaban J connectivity index is 1.67. The van der Waals surface area contributed by atoms with Gasteiger partial charge in [-0.3, -0.25) is 0 Å². The van der Waals surface area contributed by atoms with Crippen LogP contribution in [0.2, 0.25) is 0 Å². The van der Waals surface area contributed by atoms with Crippen LogP contribution in [-0.4, -0.2) is 9.78 Å². The average molecular weight is 310 g/mol. The lowest BCUT2D eigenvalue weighted by Gasteiger charge is -2.07. The molecule has 0 saturated carbocycles. The highest BCUT2D eigenvalue weighted by Gasteiger charge is 2.03. The van der Waals surface area contributed by atoms with Crippen molar-refractivity contribution in [3.8, 4) is 27.9 Å². The van der Waals surface area contributed by atoms with Gasteiger partial charge in [0.2, 0.25) is 0 Å². The Bertz CT molecular complexity index is 951. The molecule has 0 aliphatic rings. The maximum absolute atomic E-state index is 4.49. The van der Waals surface area contributed by atoms with E-state index in [-0.39, 0.29) is 0 Å². The van der Waals surface area contributed by atoms with E-state index in [9.17, 15) is 0 Å². The highest BCUT2D eigenvalue weighted by Crippen LogP contribution is 2.26. The number of hydrogen-bond donors (Lipinski definition) is 0. The minimum atomic E-state index is 1.02. The average Bonchev–Trinajstić information content (AvgIpc) is 3.09. The summed E-state index contributed by atoms with van der Waals surface area (Å²) in [6, 6.07) is 29.6. The van der Waals surface area contributed by atoms with Crippen LogP contribution in [0.5, 0.6) is 0 Å². The number of nitrogens with zero attached hydrogens (tertiary/aromatic N) is 2. The van der Waals surface area contributed by atoms with E-state index in [1.807, 2.05) is 29.9 Å². The molecule has 1 heterocycles. The zero-order chi connectivity index (χ0) is 16.4. The Morgan fingerprint density at radius 3 is 1.92 bits per heavy atom. The molecule has 4 rings (SSSR count). The summed E-state index contributed by atoms with van der Waals surface area (Å²) in [5, 5.41) is 4.49. The maximum Gasteiger partial charge on any atom is 0.0651 e. The Labute approximate surface area is 142 Å². The Hall–Kier alpha value is -3.13. The molecule has 4 aromatic rings.